The molecule has 1 fully saturated rings. The van der Waals surface area contributed by atoms with E-state index < -0.39 is 20.2 Å². The summed E-state index contributed by atoms with van der Waals surface area (Å²) in [5.41, 5.74) is -0.300. The highest BCUT2D eigenvalue weighted by molar-refractivity contribution is 8.15. The van der Waals surface area contributed by atoms with E-state index in [1.807, 2.05) is 35.7 Å². The number of hydrogen-bond donors (Lipinski definition) is 1. The number of hydrogen-bond acceptors (Lipinski definition) is 6. The molecular formula is C29H38N2O4S2Si. The van der Waals surface area contributed by atoms with Gasteiger partial charge in [-0.25, -0.2) is 4.79 Å². The second-order valence-corrected chi connectivity index (χ2v) is 17.4. The number of rotatable bonds is 10. The van der Waals surface area contributed by atoms with E-state index in [0.717, 1.165) is 10.8 Å². The van der Waals surface area contributed by atoms with Crippen LogP contribution in [-0.4, -0.2) is 47.7 Å². The number of aromatic nitrogens is 2. The van der Waals surface area contributed by atoms with Crippen molar-refractivity contribution in [1.29, 1.82) is 0 Å². The fourth-order valence-electron chi connectivity index (χ4n) is 5.36. The average Bonchev–Trinajstić information content (AvgIpc) is 3.30. The largest absolute Gasteiger partial charge is 0.405 e. The summed E-state index contributed by atoms with van der Waals surface area (Å²) < 4.78 is 15.3. The van der Waals surface area contributed by atoms with Crippen LogP contribution in [-0.2, 0) is 9.16 Å². The number of nitrogens with one attached hydrogen (secondary N) is 1. The molecule has 1 aliphatic rings. The Labute approximate surface area is 234 Å². The number of thioether (sulfide) groups is 2. The summed E-state index contributed by atoms with van der Waals surface area (Å²) in [6, 6.07) is 21.2. The minimum Gasteiger partial charge on any atom is -0.405 e. The maximum absolute atomic E-state index is 12.7. The maximum Gasteiger partial charge on any atom is 0.330 e. The van der Waals surface area contributed by atoms with E-state index in [-0.39, 0.29) is 22.6 Å². The van der Waals surface area contributed by atoms with Crippen LogP contribution in [0.3, 0.4) is 0 Å². The van der Waals surface area contributed by atoms with Crippen LogP contribution in [0.5, 0.6) is 0 Å². The number of nitrogens with zero attached hydrogens (tertiary/aromatic N) is 1. The van der Waals surface area contributed by atoms with Crippen LogP contribution in [0.15, 0.2) is 76.4 Å². The lowest BCUT2D eigenvalue weighted by molar-refractivity contribution is -0.0278. The van der Waals surface area contributed by atoms with Crippen molar-refractivity contribution in [2.24, 2.45) is 5.92 Å². The molecule has 0 spiro atoms. The van der Waals surface area contributed by atoms with Crippen LogP contribution in [0.4, 0.5) is 0 Å². The molecule has 2 aromatic carbocycles. The zero-order chi connectivity index (χ0) is 27.3. The summed E-state index contributed by atoms with van der Waals surface area (Å²) in [7, 11) is -2.72. The van der Waals surface area contributed by atoms with Crippen LogP contribution in [0.2, 0.25) is 5.04 Å². The maximum atomic E-state index is 12.7. The monoisotopic (exact) mass is 570 g/mol. The van der Waals surface area contributed by atoms with Gasteiger partial charge in [-0.2, -0.15) is 23.5 Å². The smallest absolute Gasteiger partial charge is 0.330 e. The van der Waals surface area contributed by atoms with Gasteiger partial charge in [0.2, 0.25) is 0 Å². The van der Waals surface area contributed by atoms with Gasteiger partial charge < -0.3 is 9.16 Å². The van der Waals surface area contributed by atoms with Crippen LogP contribution < -0.4 is 21.6 Å². The Balaban J connectivity index is 1.68. The van der Waals surface area contributed by atoms with Crippen molar-refractivity contribution < 1.29 is 9.16 Å². The van der Waals surface area contributed by atoms with Crippen molar-refractivity contribution in [3.05, 3.63) is 93.3 Å². The Morgan fingerprint density at radius 1 is 1.05 bits per heavy atom. The fraction of sp³-hybridized carbons (Fsp3) is 0.448. The lowest BCUT2D eigenvalue weighted by atomic mass is 10.0. The SMILES string of the molecule is CSCSC[C@H]1C[C@H](n2cc(C)c(=O)[nH]c2=O)O[C@@H]1CO[Si](c1ccccc1)(c1ccccc1)C(C)(C)C. The second-order valence-electron chi connectivity index (χ2n) is 10.9. The summed E-state index contributed by atoms with van der Waals surface area (Å²) >= 11 is 3.69. The molecule has 2 heterocycles. The Morgan fingerprint density at radius 3 is 2.21 bits per heavy atom. The highest BCUT2D eigenvalue weighted by Gasteiger charge is 2.51. The Morgan fingerprint density at radius 2 is 1.66 bits per heavy atom. The van der Waals surface area contributed by atoms with Crippen LogP contribution >= 0.6 is 23.5 Å². The summed E-state index contributed by atoms with van der Waals surface area (Å²) in [6.07, 6.45) is 3.80. The van der Waals surface area contributed by atoms with Gasteiger partial charge in [0.25, 0.3) is 13.9 Å². The van der Waals surface area contributed by atoms with Crippen LogP contribution in [0.1, 0.15) is 39.0 Å². The third kappa shape index (κ3) is 6.07. The molecule has 6 nitrogen and oxygen atoms in total. The number of aryl methyl sites for hydroxylation is 1. The predicted octanol–water partition coefficient (Wildman–Crippen LogP) is 4.38. The van der Waals surface area contributed by atoms with Gasteiger partial charge in [-0.1, -0.05) is 81.4 Å². The lowest BCUT2D eigenvalue weighted by Crippen LogP contribution is -2.67. The molecule has 3 atom stereocenters. The molecule has 1 saturated heterocycles. The van der Waals surface area contributed by atoms with Gasteiger partial charge in [0, 0.05) is 22.8 Å². The quantitative estimate of drug-likeness (QED) is 0.222. The highest BCUT2D eigenvalue weighted by Crippen LogP contribution is 2.40. The Bertz CT molecular complexity index is 1270. The molecule has 0 amide bonds. The van der Waals surface area contributed by atoms with Crippen molar-refractivity contribution in [1.82, 2.24) is 9.55 Å². The first-order chi connectivity index (χ1) is 18.2. The van der Waals surface area contributed by atoms with E-state index in [1.54, 1.807) is 13.1 Å². The van der Waals surface area contributed by atoms with Crippen molar-refractivity contribution in [3.63, 3.8) is 0 Å². The number of aromatic amines is 1. The zero-order valence-corrected chi connectivity index (χ0v) is 25.4. The molecule has 4 rings (SSSR count). The molecule has 1 aromatic heterocycles. The average molecular weight is 571 g/mol. The molecule has 0 bridgehead atoms. The van der Waals surface area contributed by atoms with Gasteiger partial charge in [0.05, 0.1) is 12.7 Å². The van der Waals surface area contributed by atoms with Gasteiger partial charge >= 0.3 is 5.69 Å². The second kappa shape index (κ2) is 12.4. The molecule has 0 unspecified atom stereocenters. The van der Waals surface area contributed by atoms with Crippen molar-refractivity contribution in [3.8, 4) is 0 Å². The molecule has 0 radical (unpaired) electrons. The summed E-state index contributed by atoms with van der Waals surface area (Å²) in [5.74, 6) is 1.14. The standard InChI is InChI=1S/C29H38N2O4S2Si/c1-21-17-31(28(33)30-27(21)32)26-16-22(19-37-20-36-5)25(35-26)18-34-38(29(2,3)4,23-12-8-6-9-13-23)24-14-10-7-11-15-24/h6-15,17,22,25-26H,16,18-20H2,1-5H3,(H,30,32,33)/t22-,25-,26-/m1/s1. The van der Waals surface area contributed by atoms with Crippen molar-refractivity contribution in [2.45, 2.75) is 51.5 Å². The van der Waals surface area contributed by atoms with Gasteiger partial charge in [0.15, 0.2) is 0 Å². The van der Waals surface area contributed by atoms with Gasteiger partial charge in [-0.05, 0) is 40.8 Å². The minimum absolute atomic E-state index is 0.135. The molecule has 1 N–H and O–H groups in total. The predicted molar refractivity (Wildman–Crippen MR) is 162 cm³/mol. The van der Waals surface area contributed by atoms with E-state index in [0.29, 0.717) is 18.6 Å². The molecule has 38 heavy (non-hydrogen) atoms. The van der Waals surface area contributed by atoms with Crippen molar-refractivity contribution in [2.75, 3.05) is 23.7 Å². The Kier molecular flexibility index (Phi) is 9.47. The number of ether oxygens (including phenoxy) is 1. The summed E-state index contributed by atoms with van der Waals surface area (Å²) in [4.78, 5) is 27.0. The molecule has 0 aliphatic carbocycles. The van der Waals surface area contributed by atoms with E-state index in [4.69, 9.17) is 9.16 Å². The third-order valence-corrected chi connectivity index (χ3v) is 14.5. The highest BCUT2D eigenvalue weighted by atomic mass is 32.2. The van der Waals surface area contributed by atoms with E-state index in [9.17, 15) is 9.59 Å². The molecule has 3 aromatic rings. The zero-order valence-electron chi connectivity index (χ0n) is 22.8. The fourth-order valence-corrected chi connectivity index (χ4v) is 11.6. The molecule has 9 heteroatoms. The first-order valence-electron chi connectivity index (χ1n) is 13.0. The molecule has 204 valence electrons. The minimum atomic E-state index is -2.72. The summed E-state index contributed by atoms with van der Waals surface area (Å²) in [6.45, 7) is 8.95. The van der Waals surface area contributed by atoms with Gasteiger partial charge in [0.1, 0.15) is 6.23 Å². The Hall–Kier alpha value is -2.04. The lowest BCUT2D eigenvalue weighted by Gasteiger charge is -2.43. The molecule has 0 saturated carbocycles. The normalized spacial score (nSPS) is 20.1. The summed E-state index contributed by atoms with van der Waals surface area (Å²) in [5, 5.41) is 3.33. The van der Waals surface area contributed by atoms with E-state index in [1.165, 1.54) is 14.9 Å². The third-order valence-electron chi connectivity index (χ3n) is 7.23. The number of benzene rings is 2. The van der Waals surface area contributed by atoms with E-state index in [2.05, 4.69) is 80.5 Å². The van der Waals surface area contributed by atoms with E-state index >= 15 is 0 Å². The van der Waals surface area contributed by atoms with Gasteiger partial charge in [-0.15, -0.1) is 0 Å². The van der Waals surface area contributed by atoms with Crippen molar-refractivity contribution >= 4 is 42.2 Å². The molecular weight excluding hydrogens is 533 g/mol. The first kappa shape index (κ1) is 29.0. The molecule has 1 aliphatic heterocycles. The van der Waals surface area contributed by atoms with Crippen LogP contribution in [0, 0.1) is 12.8 Å². The first-order valence-corrected chi connectivity index (χ1v) is 17.4. The van der Waals surface area contributed by atoms with Gasteiger partial charge in [-0.3, -0.25) is 14.3 Å². The van der Waals surface area contributed by atoms with Crippen LogP contribution in [0.25, 0.3) is 0 Å². The number of H-pyrrole nitrogens is 1. The topological polar surface area (TPSA) is 73.3 Å².